The minimum atomic E-state index is -2.84. The van der Waals surface area contributed by atoms with Gasteiger partial charge in [0.1, 0.15) is 21.3 Å². The van der Waals surface area contributed by atoms with Crippen LogP contribution in [-0.4, -0.2) is 31.7 Å². The zero-order chi connectivity index (χ0) is 19.2. The van der Waals surface area contributed by atoms with E-state index in [-0.39, 0.29) is 18.3 Å². The SMILES string of the molecule is CC1(C)Oc2ccncc2N(Cc2ncc(-c3nnc(C(F)F)o3)s2)C1=O. The lowest BCUT2D eigenvalue weighted by molar-refractivity contribution is -0.132. The highest BCUT2D eigenvalue weighted by molar-refractivity contribution is 7.15. The number of ether oxygens (including phenoxy) is 1. The molecule has 1 amide bonds. The molecule has 3 aromatic heterocycles. The standard InChI is InChI=1S/C16H13F2N5O3S/c1-16(2)15(24)23(8-5-19-4-3-9(8)26-16)7-11-20-6-10(27-11)13-21-22-14(25-13)12(17)18/h3-6,12H,7H2,1-2H3. The van der Waals surface area contributed by atoms with E-state index in [0.29, 0.717) is 21.3 Å². The third-order valence-corrected chi connectivity index (χ3v) is 4.83. The van der Waals surface area contributed by atoms with Gasteiger partial charge in [-0.2, -0.15) is 8.78 Å². The van der Waals surface area contributed by atoms with Crippen LogP contribution >= 0.6 is 11.3 Å². The van der Waals surface area contributed by atoms with Gasteiger partial charge < -0.3 is 9.15 Å². The Balaban J connectivity index is 1.62. The number of halogens is 2. The zero-order valence-electron chi connectivity index (χ0n) is 14.2. The van der Waals surface area contributed by atoms with Crippen LogP contribution in [0.15, 0.2) is 29.1 Å². The summed E-state index contributed by atoms with van der Waals surface area (Å²) in [7, 11) is 0. The third-order valence-electron chi connectivity index (χ3n) is 3.86. The quantitative estimate of drug-likeness (QED) is 0.672. The van der Waals surface area contributed by atoms with E-state index < -0.39 is 17.9 Å². The number of pyridine rings is 1. The first-order chi connectivity index (χ1) is 12.8. The smallest absolute Gasteiger partial charge is 0.314 e. The van der Waals surface area contributed by atoms with E-state index in [1.54, 1.807) is 32.3 Å². The molecule has 4 rings (SSSR count). The molecule has 0 atom stereocenters. The second-order valence-electron chi connectivity index (χ2n) is 6.21. The Morgan fingerprint density at radius 3 is 2.85 bits per heavy atom. The third kappa shape index (κ3) is 3.14. The number of amides is 1. The highest BCUT2D eigenvalue weighted by Crippen LogP contribution is 2.38. The van der Waals surface area contributed by atoms with Gasteiger partial charge in [-0.05, 0) is 13.8 Å². The Bertz CT molecular complexity index is 1000. The van der Waals surface area contributed by atoms with Gasteiger partial charge in [0.15, 0.2) is 5.60 Å². The number of anilines is 1. The molecular formula is C16H13F2N5O3S. The van der Waals surface area contributed by atoms with Crippen LogP contribution in [0, 0.1) is 0 Å². The Labute approximate surface area is 155 Å². The van der Waals surface area contributed by atoms with Crippen molar-refractivity contribution < 1.29 is 22.7 Å². The molecule has 0 spiro atoms. The van der Waals surface area contributed by atoms with Crippen molar-refractivity contribution in [3.05, 3.63) is 35.6 Å². The van der Waals surface area contributed by atoms with Crippen LogP contribution in [0.4, 0.5) is 14.5 Å². The Hall–Kier alpha value is -2.95. The lowest BCUT2D eigenvalue weighted by Gasteiger charge is -2.38. The highest BCUT2D eigenvalue weighted by atomic mass is 32.1. The van der Waals surface area contributed by atoms with Crippen molar-refractivity contribution in [2.24, 2.45) is 0 Å². The van der Waals surface area contributed by atoms with Gasteiger partial charge in [0.25, 0.3) is 17.7 Å². The van der Waals surface area contributed by atoms with E-state index in [9.17, 15) is 13.6 Å². The van der Waals surface area contributed by atoms with Crippen molar-refractivity contribution in [2.45, 2.75) is 32.4 Å². The van der Waals surface area contributed by atoms with Crippen LogP contribution < -0.4 is 9.64 Å². The summed E-state index contributed by atoms with van der Waals surface area (Å²) in [4.78, 5) is 23.1. The number of thiazole rings is 1. The van der Waals surface area contributed by atoms with E-state index in [1.165, 1.54) is 22.4 Å². The minimum Gasteiger partial charge on any atom is -0.476 e. The van der Waals surface area contributed by atoms with Gasteiger partial charge >= 0.3 is 6.43 Å². The molecule has 0 aromatic carbocycles. The summed E-state index contributed by atoms with van der Waals surface area (Å²) in [5, 5.41) is 7.48. The molecule has 0 N–H and O–H groups in total. The number of hydrogen-bond donors (Lipinski definition) is 0. The molecule has 0 saturated heterocycles. The molecule has 3 aromatic rings. The molecule has 4 heterocycles. The fourth-order valence-electron chi connectivity index (χ4n) is 2.61. The van der Waals surface area contributed by atoms with Crippen molar-refractivity contribution in [1.29, 1.82) is 0 Å². The number of fused-ring (bicyclic) bond motifs is 1. The van der Waals surface area contributed by atoms with Gasteiger partial charge in [-0.3, -0.25) is 14.7 Å². The lowest BCUT2D eigenvalue weighted by atomic mass is 10.0. The number of carbonyl (C=O) groups excluding carboxylic acids is 1. The first kappa shape index (κ1) is 17.5. The molecule has 0 aliphatic carbocycles. The van der Waals surface area contributed by atoms with Crippen LogP contribution in [0.2, 0.25) is 0 Å². The topological polar surface area (TPSA) is 94.2 Å². The van der Waals surface area contributed by atoms with Crippen LogP contribution in [0.5, 0.6) is 5.75 Å². The van der Waals surface area contributed by atoms with Crippen LogP contribution in [0.3, 0.4) is 0 Å². The average molecular weight is 393 g/mol. The predicted molar refractivity (Wildman–Crippen MR) is 90.5 cm³/mol. The number of carbonyl (C=O) groups is 1. The summed E-state index contributed by atoms with van der Waals surface area (Å²) in [6, 6.07) is 1.69. The summed E-state index contributed by atoms with van der Waals surface area (Å²) in [6.07, 6.45) is 1.74. The van der Waals surface area contributed by atoms with Gasteiger partial charge in [0.2, 0.25) is 0 Å². The second kappa shape index (κ2) is 6.34. The maximum atomic E-state index is 12.8. The van der Waals surface area contributed by atoms with Crippen molar-refractivity contribution in [3.8, 4) is 16.5 Å². The lowest BCUT2D eigenvalue weighted by Crippen LogP contribution is -2.52. The normalized spacial score (nSPS) is 15.7. The van der Waals surface area contributed by atoms with Gasteiger partial charge in [-0.15, -0.1) is 21.5 Å². The summed E-state index contributed by atoms with van der Waals surface area (Å²) < 4.78 is 35.9. The first-order valence-electron chi connectivity index (χ1n) is 7.87. The summed E-state index contributed by atoms with van der Waals surface area (Å²) in [5.74, 6) is -0.475. The van der Waals surface area contributed by atoms with Crippen molar-refractivity contribution in [2.75, 3.05) is 4.90 Å². The highest BCUT2D eigenvalue weighted by Gasteiger charge is 2.41. The van der Waals surface area contributed by atoms with Gasteiger partial charge in [-0.25, -0.2) is 4.98 Å². The van der Waals surface area contributed by atoms with Crippen molar-refractivity contribution >= 4 is 22.9 Å². The Kier molecular flexibility index (Phi) is 4.10. The number of alkyl halides is 2. The van der Waals surface area contributed by atoms with E-state index >= 15 is 0 Å². The minimum absolute atomic E-state index is 0.0373. The first-order valence-corrected chi connectivity index (χ1v) is 8.68. The Morgan fingerprint density at radius 2 is 2.11 bits per heavy atom. The molecule has 140 valence electrons. The van der Waals surface area contributed by atoms with Crippen molar-refractivity contribution in [1.82, 2.24) is 20.2 Å². The van der Waals surface area contributed by atoms with Crippen LogP contribution in [-0.2, 0) is 11.3 Å². The number of nitrogens with zero attached hydrogens (tertiary/aromatic N) is 5. The van der Waals surface area contributed by atoms with E-state index in [2.05, 4.69) is 20.2 Å². The second-order valence-corrected chi connectivity index (χ2v) is 7.33. The average Bonchev–Trinajstić information content (AvgIpc) is 3.28. The molecule has 1 aliphatic rings. The van der Waals surface area contributed by atoms with Gasteiger partial charge in [-0.1, -0.05) is 0 Å². The molecule has 0 radical (unpaired) electrons. The maximum absolute atomic E-state index is 12.8. The van der Waals surface area contributed by atoms with Crippen LogP contribution in [0.25, 0.3) is 10.8 Å². The predicted octanol–water partition coefficient (Wildman–Crippen LogP) is 3.23. The largest absolute Gasteiger partial charge is 0.476 e. The monoisotopic (exact) mass is 393 g/mol. The molecule has 1 aliphatic heterocycles. The Morgan fingerprint density at radius 1 is 1.30 bits per heavy atom. The van der Waals surface area contributed by atoms with E-state index in [0.717, 1.165) is 0 Å². The number of hydrogen-bond acceptors (Lipinski definition) is 8. The molecule has 0 saturated carbocycles. The van der Waals surface area contributed by atoms with E-state index in [4.69, 9.17) is 9.15 Å². The maximum Gasteiger partial charge on any atom is 0.314 e. The number of rotatable bonds is 4. The molecule has 0 fully saturated rings. The molecule has 0 bridgehead atoms. The number of aromatic nitrogens is 4. The van der Waals surface area contributed by atoms with Gasteiger partial charge in [0.05, 0.1) is 18.9 Å². The van der Waals surface area contributed by atoms with Gasteiger partial charge in [0, 0.05) is 12.3 Å². The van der Waals surface area contributed by atoms with Crippen LogP contribution in [0.1, 0.15) is 31.2 Å². The summed E-state index contributed by atoms with van der Waals surface area (Å²) in [6.45, 7) is 3.54. The fraction of sp³-hybridized carbons (Fsp3) is 0.312. The van der Waals surface area contributed by atoms with Crippen molar-refractivity contribution in [3.63, 3.8) is 0 Å². The molecular weight excluding hydrogens is 380 g/mol. The molecule has 0 unspecified atom stereocenters. The molecule has 11 heteroatoms. The summed E-state index contributed by atoms with van der Waals surface area (Å²) >= 11 is 1.17. The van der Waals surface area contributed by atoms with E-state index in [1.807, 2.05) is 0 Å². The molecule has 8 nitrogen and oxygen atoms in total. The molecule has 27 heavy (non-hydrogen) atoms. The zero-order valence-corrected chi connectivity index (χ0v) is 15.0. The fourth-order valence-corrected chi connectivity index (χ4v) is 3.44. The summed E-state index contributed by atoms with van der Waals surface area (Å²) in [5.41, 5.74) is -0.496.